The maximum absolute atomic E-state index is 9.81. The molecule has 0 aliphatic carbocycles. The monoisotopic (exact) mass is 385 g/mol. The van der Waals surface area contributed by atoms with Crippen LogP contribution in [0.15, 0.2) is 24.8 Å². The Morgan fingerprint density at radius 2 is 1.86 bits per heavy atom. The molecule has 3 aliphatic rings. The van der Waals surface area contributed by atoms with Crippen molar-refractivity contribution in [3.63, 3.8) is 0 Å². The molecular formula is C18H23N7O3. The van der Waals surface area contributed by atoms with Crippen molar-refractivity contribution in [3.8, 4) is 11.4 Å². The lowest BCUT2D eigenvalue weighted by atomic mass is 10.1. The van der Waals surface area contributed by atoms with Gasteiger partial charge in [0.1, 0.15) is 17.7 Å². The Kier molecular flexibility index (Phi) is 5.41. The first-order valence-corrected chi connectivity index (χ1v) is 8.85. The van der Waals surface area contributed by atoms with E-state index in [1.54, 1.807) is 12.5 Å². The van der Waals surface area contributed by atoms with Gasteiger partial charge >= 0.3 is 11.9 Å². The van der Waals surface area contributed by atoms with Crippen LogP contribution in [0.3, 0.4) is 0 Å². The highest BCUT2D eigenvalue weighted by molar-refractivity contribution is 5.97. The van der Waals surface area contributed by atoms with Gasteiger partial charge in [0, 0.05) is 32.5 Å². The summed E-state index contributed by atoms with van der Waals surface area (Å²) in [5.41, 5.74) is 6.18. The Bertz CT molecular complexity index is 973. The van der Waals surface area contributed by atoms with Crippen molar-refractivity contribution in [2.24, 2.45) is 5.92 Å². The highest BCUT2D eigenvalue weighted by Gasteiger charge is 2.31. The molecule has 1 aromatic heterocycles. The summed E-state index contributed by atoms with van der Waals surface area (Å²) in [6, 6.07) is 1.99. The normalized spacial score (nSPS) is 13.3. The minimum absolute atomic E-state index is 0.529. The first-order chi connectivity index (χ1) is 13.3. The molecular weight excluding hydrogens is 362 g/mol. The van der Waals surface area contributed by atoms with Crippen LogP contribution < -0.4 is 10.5 Å². The van der Waals surface area contributed by atoms with Crippen molar-refractivity contribution < 1.29 is 14.3 Å². The summed E-state index contributed by atoms with van der Waals surface area (Å²) in [5, 5.41) is 5.21. The first kappa shape index (κ1) is 19.5. The number of aromatic nitrogens is 4. The van der Waals surface area contributed by atoms with Gasteiger partial charge in [0.15, 0.2) is 5.82 Å². The fraction of sp³-hybridized carbons (Fsp3) is 0.389. The largest absolute Gasteiger partial charge is 0.394 e. The van der Waals surface area contributed by atoms with Gasteiger partial charge in [0.2, 0.25) is 0 Å². The first-order valence-electron chi connectivity index (χ1n) is 8.85. The Labute approximate surface area is 162 Å². The fourth-order valence-corrected chi connectivity index (χ4v) is 3.03. The number of fused-ring (bicyclic) bond motifs is 6. The van der Waals surface area contributed by atoms with Crippen LogP contribution in [0, 0.1) is 5.92 Å². The second-order valence-corrected chi connectivity index (χ2v) is 6.79. The fourth-order valence-electron chi connectivity index (χ4n) is 3.03. The quantitative estimate of drug-likeness (QED) is 0.522. The molecule has 148 valence electrons. The third-order valence-corrected chi connectivity index (χ3v) is 3.98. The predicted octanol–water partition coefficient (Wildman–Crippen LogP) is 1.81. The van der Waals surface area contributed by atoms with E-state index in [1.807, 2.05) is 24.4 Å². The van der Waals surface area contributed by atoms with E-state index in [9.17, 15) is 9.59 Å². The van der Waals surface area contributed by atoms with E-state index in [0.29, 0.717) is 5.92 Å². The highest BCUT2D eigenvalue weighted by atomic mass is 16.6. The van der Waals surface area contributed by atoms with Crippen molar-refractivity contribution in [2.75, 3.05) is 24.1 Å². The Hall–Kier alpha value is -3.27. The maximum atomic E-state index is 9.81. The summed E-state index contributed by atoms with van der Waals surface area (Å²) >= 11 is 0. The number of hydrazine groups is 2. The summed E-state index contributed by atoms with van der Waals surface area (Å²) < 4.78 is 6.11. The number of hydrogen-bond acceptors (Lipinski definition) is 9. The molecule has 0 aromatic carbocycles. The lowest BCUT2D eigenvalue weighted by Gasteiger charge is -2.28. The molecule has 0 radical (unpaired) electrons. The number of anilines is 1. The lowest BCUT2D eigenvalue weighted by Crippen LogP contribution is -2.45. The second kappa shape index (κ2) is 7.77. The number of esters is 2. The van der Waals surface area contributed by atoms with E-state index in [-0.39, 0.29) is 0 Å². The van der Waals surface area contributed by atoms with E-state index < -0.39 is 11.9 Å². The number of imidazole rings is 1. The zero-order valence-corrected chi connectivity index (χ0v) is 16.5. The Morgan fingerprint density at radius 3 is 2.46 bits per heavy atom. The van der Waals surface area contributed by atoms with Gasteiger partial charge in [0.05, 0.1) is 18.3 Å². The van der Waals surface area contributed by atoms with Gasteiger partial charge < -0.3 is 4.74 Å². The minimum atomic E-state index is -0.562. The molecule has 0 bridgehead atoms. The van der Waals surface area contributed by atoms with Gasteiger partial charge in [-0.05, 0) is 12.0 Å². The molecule has 0 saturated heterocycles. The van der Waals surface area contributed by atoms with Crippen molar-refractivity contribution in [2.45, 2.75) is 27.7 Å². The molecule has 3 aliphatic heterocycles. The molecule has 10 nitrogen and oxygen atoms in total. The number of carbonyl (C=O) groups is 2. The smallest absolute Gasteiger partial charge is 0.310 e. The predicted molar refractivity (Wildman–Crippen MR) is 104 cm³/mol. The molecule has 10 heteroatoms. The van der Waals surface area contributed by atoms with E-state index in [2.05, 4.69) is 48.8 Å². The van der Waals surface area contributed by atoms with Crippen LogP contribution >= 0.6 is 0 Å². The summed E-state index contributed by atoms with van der Waals surface area (Å²) in [6.07, 6.45) is 5.28. The van der Waals surface area contributed by atoms with E-state index in [4.69, 9.17) is 0 Å². The summed E-state index contributed by atoms with van der Waals surface area (Å²) in [7, 11) is 2.00. The van der Waals surface area contributed by atoms with Crippen molar-refractivity contribution >= 4 is 28.7 Å². The van der Waals surface area contributed by atoms with Crippen LogP contribution in [0.2, 0.25) is 0 Å². The van der Waals surface area contributed by atoms with Crippen molar-refractivity contribution in [3.05, 3.63) is 24.8 Å². The van der Waals surface area contributed by atoms with Gasteiger partial charge in [0.25, 0.3) is 0 Å². The molecule has 1 N–H and O–H groups in total. The van der Waals surface area contributed by atoms with Gasteiger partial charge in [-0.2, -0.15) is 0 Å². The zero-order valence-electron chi connectivity index (χ0n) is 16.5. The van der Waals surface area contributed by atoms with Crippen LogP contribution in [0.25, 0.3) is 22.3 Å². The van der Waals surface area contributed by atoms with E-state index >= 15 is 0 Å². The summed E-state index contributed by atoms with van der Waals surface area (Å²) in [6.45, 7) is 7.66. The van der Waals surface area contributed by atoms with E-state index in [0.717, 1.165) is 34.7 Å². The molecule has 1 aromatic rings. The third-order valence-electron chi connectivity index (χ3n) is 3.98. The highest BCUT2D eigenvalue weighted by Crippen LogP contribution is 2.37. The average molecular weight is 385 g/mol. The van der Waals surface area contributed by atoms with Crippen LogP contribution in [0.1, 0.15) is 27.7 Å². The standard InChI is InChI=1S/C14H17N7.C4H6O3/c1-9(2)7-20-19(3)18-14-13-12(16-8-17-13)10-4-5-15-6-11(10)21(14)20;1-3(5)7-4(2)6/h4-6,8-9,18H,7H2,1-3H3;1-2H3. The van der Waals surface area contributed by atoms with Gasteiger partial charge in [-0.1, -0.05) is 13.8 Å². The topological polar surface area (TPSA) is 105 Å². The van der Waals surface area contributed by atoms with Crippen LogP contribution in [0.5, 0.6) is 0 Å². The summed E-state index contributed by atoms with van der Waals surface area (Å²) in [4.78, 5) is 32.7. The molecule has 0 atom stereocenters. The van der Waals surface area contributed by atoms with Gasteiger partial charge in [-0.3, -0.25) is 20.0 Å². The number of carbonyl (C=O) groups excluding carboxylic acids is 2. The molecule has 0 spiro atoms. The van der Waals surface area contributed by atoms with Crippen LogP contribution in [0.4, 0.5) is 5.82 Å². The lowest BCUT2D eigenvalue weighted by molar-refractivity contribution is -0.156. The third kappa shape index (κ3) is 3.72. The van der Waals surface area contributed by atoms with Gasteiger partial charge in [-0.15, -0.1) is 5.12 Å². The van der Waals surface area contributed by atoms with Gasteiger partial charge in [-0.25, -0.2) is 19.8 Å². The van der Waals surface area contributed by atoms with Crippen molar-refractivity contribution in [1.82, 2.24) is 24.7 Å². The van der Waals surface area contributed by atoms with E-state index in [1.165, 1.54) is 13.8 Å². The molecule has 4 rings (SSSR count). The number of nitrogens with zero attached hydrogens (tertiary/aromatic N) is 6. The zero-order chi connectivity index (χ0) is 20.4. The van der Waals surface area contributed by atoms with Crippen LogP contribution in [-0.4, -0.2) is 50.3 Å². The molecule has 0 saturated carbocycles. The number of ether oxygens (including phenoxy) is 1. The maximum Gasteiger partial charge on any atom is 0.310 e. The number of nitrogens with one attached hydrogen (secondary N) is 1. The Balaban J connectivity index is 0.000000279. The number of rotatable bonds is 2. The number of hydrogen-bond donors (Lipinski definition) is 1. The van der Waals surface area contributed by atoms with Crippen molar-refractivity contribution in [1.29, 1.82) is 0 Å². The molecule has 0 amide bonds. The summed E-state index contributed by atoms with van der Waals surface area (Å²) in [5.74, 6) is 0.340. The number of pyridine rings is 2. The molecule has 4 heterocycles. The molecule has 0 fully saturated rings. The second-order valence-electron chi connectivity index (χ2n) is 6.79. The molecule has 0 unspecified atom stereocenters. The van der Waals surface area contributed by atoms with Crippen LogP contribution in [-0.2, 0) is 14.3 Å². The minimum Gasteiger partial charge on any atom is -0.394 e. The average Bonchev–Trinajstić information content (AvgIpc) is 3.20. The SMILES string of the molecule is CC(=O)OC(C)=O.CC(C)CN1N(C)Nc2c3ncnc-3c3ccncc3n21. The Morgan fingerprint density at radius 1 is 1.18 bits per heavy atom. The molecule has 28 heavy (non-hydrogen) atoms.